The van der Waals surface area contributed by atoms with Crippen molar-refractivity contribution in [2.24, 2.45) is 0 Å². The number of benzene rings is 1. The van der Waals surface area contributed by atoms with Gasteiger partial charge in [-0.05, 0) is 25.3 Å². The van der Waals surface area contributed by atoms with Gasteiger partial charge in [0.05, 0.1) is 0 Å². The van der Waals surface area contributed by atoms with Crippen molar-refractivity contribution < 1.29 is 9.21 Å². The Morgan fingerprint density at radius 1 is 1.12 bits per heavy atom. The molecule has 0 radical (unpaired) electrons. The number of carbonyl (C=O) groups excluding carboxylic acids is 1. The molecule has 26 heavy (non-hydrogen) atoms. The molecule has 1 aliphatic rings. The lowest BCUT2D eigenvalue weighted by atomic mass is 10.1. The van der Waals surface area contributed by atoms with Crippen LogP contribution < -0.4 is 4.90 Å². The molecule has 0 bridgehead atoms. The minimum absolute atomic E-state index is 0.229. The highest BCUT2D eigenvalue weighted by Crippen LogP contribution is 2.19. The van der Waals surface area contributed by atoms with E-state index in [1.165, 1.54) is 11.1 Å². The van der Waals surface area contributed by atoms with Gasteiger partial charge in [0.25, 0.3) is 0 Å². The molecule has 0 spiro atoms. The fourth-order valence-corrected chi connectivity index (χ4v) is 3.09. The molecular weight excluding hydrogens is 328 g/mol. The molecule has 6 heteroatoms. The van der Waals surface area contributed by atoms with E-state index in [-0.39, 0.29) is 11.8 Å². The monoisotopic (exact) mass is 356 g/mol. The highest BCUT2D eigenvalue weighted by molar-refractivity contribution is 5.76. The van der Waals surface area contributed by atoms with Crippen molar-refractivity contribution in [1.82, 2.24) is 15.1 Å². The number of hydrogen-bond donors (Lipinski definition) is 0. The Morgan fingerprint density at radius 3 is 2.42 bits per heavy atom. The topological polar surface area (TPSA) is 62.5 Å². The van der Waals surface area contributed by atoms with Gasteiger partial charge in [0.1, 0.15) is 0 Å². The maximum absolute atomic E-state index is 12.4. The fraction of sp³-hybridized carbons (Fsp3) is 0.550. The zero-order valence-electron chi connectivity index (χ0n) is 15.9. The average Bonchev–Trinajstić information content (AvgIpc) is 3.14. The zero-order valence-corrected chi connectivity index (χ0v) is 15.9. The summed E-state index contributed by atoms with van der Waals surface area (Å²) < 4.78 is 5.70. The third-order valence-corrected chi connectivity index (χ3v) is 4.80. The van der Waals surface area contributed by atoms with Crippen LogP contribution in [0.2, 0.25) is 0 Å². The van der Waals surface area contributed by atoms with E-state index in [0.717, 1.165) is 25.9 Å². The molecule has 1 aromatic carbocycles. The summed E-state index contributed by atoms with van der Waals surface area (Å²) in [6.45, 7) is 9.05. The molecule has 1 aromatic heterocycles. The summed E-state index contributed by atoms with van der Waals surface area (Å²) in [5.74, 6) is 1.13. The molecule has 0 aliphatic carbocycles. The van der Waals surface area contributed by atoms with E-state index in [0.29, 0.717) is 31.4 Å². The molecule has 1 fully saturated rings. The van der Waals surface area contributed by atoms with Crippen molar-refractivity contribution in [3.8, 4) is 0 Å². The quantitative estimate of drug-likeness (QED) is 0.795. The summed E-state index contributed by atoms with van der Waals surface area (Å²) in [4.78, 5) is 16.4. The largest absolute Gasteiger partial charge is 0.408 e. The molecule has 1 amide bonds. The first-order valence-electron chi connectivity index (χ1n) is 9.44. The Labute approximate surface area is 155 Å². The van der Waals surface area contributed by atoms with E-state index < -0.39 is 0 Å². The Balaban J connectivity index is 1.42. The van der Waals surface area contributed by atoms with Crippen LogP contribution in [0.4, 0.5) is 6.01 Å². The van der Waals surface area contributed by atoms with Gasteiger partial charge in [0.15, 0.2) is 0 Å². The number of piperazine rings is 1. The molecule has 0 saturated carbocycles. The van der Waals surface area contributed by atoms with Crippen molar-refractivity contribution in [3.05, 3.63) is 41.3 Å². The molecule has 2 aromatic rings. The van der Waals surface area contributed by atoms with Gasteiger partial charge in [0, 0.05) is 38.5 Å². The standard InChI is InChI=1S/C20H28N4O2/c1-15(2)19-21-22-20(26-19)24-13-11-23(12-14-24)18(25)6-4-5-17-9-7-16(3)8-10-17/h7-10,15H,4-6,11-14H2,1-3H3. The molecule has 0 unspecified atom stereocenters. The molecular formula is C20H28N4O2. The number of carbonyl (C=O) groups is 1. The summed E-state index contributed by atoms with van der Waals surface area (Å²) in [7, 11) is 0. The van der Waals surface area contributed by atoms with Crippen molar-refractivity contribution in [2.75, 3.05) is 31.1 Å². The molecule has 140 valence electrons. The van der Waals surface area contributed by atoms with Crippen molar-refractivity contribution in [2.45, 2.75) is 46.0 Å². The third-order valence-electron chi connectivity index (χ3n) is 4.80. The summed E-state index contributed by atoms with van der Waals surface area (Å²) >= 11 is 0. The van der Waals surface area contributed by atoms with Crippen molar-refractivity contribution >= 4 is 11.9 Å². The number of anilines is 1. The lowest BCUT2D eigenvalue weighted by molar-refractivity contribution is -0.131. The van der Waals surface area contributed by atoms with Crippen LogP contribution in [-0.2, 0) is 11.2 Å². The van der Waals surface area contributed by atoms with Crippen molar-refractivity contribution in [3.63, 3.8) is 0 Å². The number of rotatable bonds is 6. The van der Waals surface area contributed by atoms with Crippen LogP contribution in [0.5, 0.6) is 0 Å². The van der Waals surface area contributed by atoms with Gasteiger partial charge >= 0.3 is 6.01 Å². The Kier molecular flexibility index (Phi) is 5.91. The van der Waals surface area contributed by atoms with Crippen LogP contribution in [0.25, 0.3) is 0 Å². The van der Waals surface area contributed by atoms with Crippen LogP contribution >= 0.6 is 0 Å². The minimum atomic E-state index is 0.229. The molecule has 0 N–H and O–H groups in total. The lowest BCUT2D eigenvalue weighted by Crippen LogP contribution is -2.48. The third kappa shape index (κ3) is 4.62. The zero-order chi connectivity index (χ0) is 18.5. The van der Waals surface area contributed by atoms with Gasteiger partial charge in [-0.1, -0.05) is 48.8 Å². The van der Waals surface area contributed by atoms with E-state index in [4.69, 9.17) is 4.42 Å². The second-order valence-electron chi connectivity index (χ2n) is 7.28. The van der Waals surface area contributed by atoms with E-state index in [1.54, 1.807) is 0 Å². The van der Waals surface area contributed by atoms with Crippen LogP contribution in [0.1, 0.15) is 49.6 Å². The van der Waals surface area contributed by atoms with Gasteiger partial charge in [-0.25, -0.2) is 0 Å². The summed E-state index contributed by atoms with van der Waals surface area (Å²) in [6.07, 6.45) is 2.45. The molecule has 3 rings (SSSR count). The number of nitrogens with zero attached hydrogens (tertiary/aromatic N) is 4. The molecule has 2 heterocycles. The number of aryl methyl sites for hydroxylation is 2. The normalized spacial score (nSPS) is 14.9. The number of amides is 1. The first-order valence-corrected chi connectivity index (χ1v) is 9.44. The maximum Gasteiger partial charge on any atom is 0.318 e. The van der Waals surface area contributed by atoms with Gasteiger partial charge in [0.2, 0.25) is 11.8 Å². The van der Waals surface area contributed by atoms with Crippen molar-refractivity contribution in [1.29, 1.82) is 0 Å². The Morgan fingerprint density at radius 2 is 1.81 bits per heavy atom. The summed E-state index contributed by atoms with van der Waals surface area (Å²) in [5.41, 5.74) is 2.56. The Hall–Kier alpha value is -2.37. The van der Waals surface area contributed by atoms with Crippen LogP contribution in [0.3, 0.4) is 0 Å². The van der Waals surface area contributed by atoms with Gasteiger partial charge < -0.3 is 14.2 Å². The summed E-state index contributed by atoms with van der Waals surface area (Å²) in [6, 6.07) is 9.11. The number of hydrogen-bond acceptors (Lipinski definition) is 5. The molecule has 6 nitrogen and oxygen atoms in total. The van der Waals surface area contributed by atoms with Crippen LogP contribution in [0, 0.1) is 6.92 Å². The minimum Gasteiger partial charge on any atom is -0.408 e. The van der Waals surface area contributed by atoms with E-state index >= 15 is 0 Å². The van der Waals surface area contributed by atoms with E-state index in [2.05, 4.69) is 46.3 Å². The second-order valence-corrected chi connectivity index (χ2v) is 7.28. The molecule has 0 atom stereocenters. The highest BCUT2D eigenvalue weighted by atomic mass is 16.4. The van der Waals surface area contributed by atoms with Crippen LogP contribution in [0.15, 0.2) is 28.7 Å². The average molecular weight is 356 g/mol. The van der Waals surface area contributed by atoms with E-state index in [9.17, 15) is 4.79 Å². The first-order chi connectivity index (χ1) is 12.5. The lowest BCUT2D eigenvalue weighted by Gasteiger charge is -2.33. The van der Waals surface area contributed by atoms with Gasteiger partial charge in [-0.3, -0.25) is 4.79 Å². The molecule has 1 saturated heterocycles. The smallest absolute Gasteiger partial charge is 0.318 e. The van der Waals surface area contributed by atoms with E-state index in [1.807, 2.05) is 18.7 Å². The van der Waals surface area contributed by atoms with Gasteiger partial charge in [-0.2, -0.15) is 0 Å². The SMILES string of the molecule is Cc1ccc(CCCC(=O)N2CCN(c3nnc(C(C)C)o3)CC2)cc1. The maximum atomic E-state index is 12.4. The number of aromatic nitrogens is 2. The predicted octanol–water partition coefficient (Wildman–Crippen LogP) is 3.17. The fourth-order valence-electron chi connectivity index (χ4n) is 3.09. The summed E-state index contributed by atoms with van der Waals surface area (Å²) in [5, 5.41) is 8.21. The highest BCUT2D eigenvalue weighted by Gasteiger charge is 2.24. The second kappa shape index (κ2) is 8.34. The Bertz CT molecular complexity index is 716. The van der Waals surface area contributed by atoms with Crippen LogP contribution in [-0.4, -0.2) is 47.2 Å². The predicted molar refractivity (Wildman–Crippen MR) is 101 cm³/mol. The van der Waals surface area contributed by atoms with Gasteiger partial charge in [-0.15, -0.1) is 5.10 Å². The molecule has 1 aliphatic heterocycles. The first kappa shape index (κ1) is 18.4.